The van der Waals surface area contributed by atoms with Crippen LogP contribution in [0.5, 0.6) is 0 Å². The van der Waals surface area contributed by atoms with Crippen LogP contribution < -0.4 is 5.32 Å². The number of benzene rings is 2. The van der Waals surface area contributed by atoms with E-state index in [-0.39, 0.29) is 11.8 Å². The van der Waals surface area contributed by atoms with Crippen LogP contribution >= 0.6 is 50.9 Å². The highest BCUT2D eigenvalue weighted by Gasteiger charge is 2.24. The van der Waals surface area contributed by atoms with Crippen molar-refractivity contribution in [3.63, 3.8) is 0 Å². The third kappa shape index (κ3) is 7.18. The Kier molecular flexibility index (Phi) is 9.19. The fourth-order valence-electron chi connectivity index (χ4n) is 3.48. The van der Waals surface area contributed by atoms with Crippen molar-refractivity contribution in [3.05, 3.63) is 68.1 Å². The molecule has 1 saturated heterocycles. The molecule has 0 atom stereocenters. The first kappa shape index (κ1) is 23.0. The molecule has 0 aliphatic carbocycles. The Morgan fingerprint density at radius 2 is 1.83 bits per heavy atom. The topological polar surface area (TPSA) is 32.3 Å². The molecule has 7 heteroatoms. The van der Waals surface area contributed by atoms with E-state index in [0.717, 1.165) is 54.0 Å². The van der Waals surface area contributed by atoms with Gasteiger partial charge in [0.2, 0.25) is 5.91 Å². The van der Waals surface area contributed by atoms with Gasteiger partial charge in [0.15, 0.2) is 0 Å². The molecule has 29 heavy (non-hydrogen) atoms. The van der Waals surface area contributed by atoms with Gasteiger partial charge in [0.05, 0.1) is 0 Å². The average Bonchev–Trinajstić information content (AvgIpc) is 2.70. The third-order valence-corrected chi connectivity index (χ3v) is 7.29. The number of carbonyl (C=O) groups excluding carboxylic acids is 1. The highest BCUT2D eigenvalue weighted by atomic mass is 79.9. The van der Waals surface area contributed by atoms with Crippen LogP contribution in [0.1, 0.15) is 24.0 Å². The highest BCUT2D eigenvalue weighted by Crippen LogP contribution is 2.28. The molecule has 2 aromatic rings. The van der Waals surface area contributed by atoms with E-state index in [1.54, 1.807) is 11.8 Å². The maximum absolute atomic E-state index is 12.5. The van der Waals surface area contributed by atoms with Crippen LogP contribution in [0.4, 0.5) is 0 Å². The number of likely N-dealkylation sites (tertiary alicyclic amines) is 1. The number of thioether (sulfide) groups is 1. The van der Waals surface area contributed by atoms with E-state index in [2.05, 4.69) is 44.3 Å². The van der Waals surface area contributed by atoms with Crippen LogP contribution in [0.3, 0.4) is 0 Å². The second kappa shape index (κ2) is 11.6. The van der Waals surface area contributed by atoms with Crippen LogP contribution in [0.25, 0.3) is 0 Å². The van der Waals surface area contributed by atoms with Gasteiger partial charge in [-0.15, -0.1) is 0 Å². The van der Waals surface area contributed by atoms with Crippen LogP contribution in [0, 0.1) is 5.92 Å². The molecule has 0 spiro atoms. The second-order valence-corrected chi connectivity index (χ2v) is 10.1. The predicted octanol–water partition coefficient (Wildman–Crippen LogP) is 6.02. The lowest BCUT2D eigenvalue weighted by Crippen LogP contribution is -2.40. The van der Waals surface area contributed by atoms with E-state index >= 15 is 0 Å². The molecule has 1 heterocycles. The largest absolute Gasteiger partial charge is 0.355 e. The fraction of sp³-hybridized carbons (Fsp3) is 0.409. The van der Waals surface area contributed by atoms with E-state index in [1.807, 2.05) is 24.3 Å². The quantitative estimate of drug-likeness (QED) is 0.436. The first-order valence-corrected chi connectivity index (χ1v) is 12.5. The maximum atomic E-state index is 12.5. The van der Waals surface area contributed by atoms with Crippen molar-refractivity contribution in [1.82, 2.24) is 10.2 Å². The Labute approximate surface area is 195 Å². The van der Waals surface area contributed by atoms with Crippen molar-refractivity contribution in [3.8, 4) is 0 Å². The zero-order valence-corrected chi connectivity index (χ0v) is 20.1. The van der Waals surface area contributed by atoms with Gasteiger partial charge in [0, 0.05) is 45.0 Å². The molecule has 1 amide bonds. The fourth-order valence-corrected chi connectivity index (χ4v) is 5.52. The summed E-state index contributed by atoms with van der Waals surface area (Å²) in [6, 6.07) is 14.0. The van der Waals surface area contributed by atoms with E-state index in [1.165, 1.54) is 5.56 Å². The van der Waals surface area contributed by atoms with Gasteiger partial charge in [-0.2, -0.15) is 11.8 Å². The summed E-state index contributed by atoms with van der Waals surface area (Å²) in [7, 11) is 0. The molecule has 0 aromatic heterocycles. The SMILES string of the molecule is O=C(NCCSCc1c(Cl)cccc1Cl)C1CCN(Cc2cccc(Br)c2)CC1. The van der Waals surface area contributed by atoms with Crippen molar-refractivity contribution in [1.29, 1.82) is 0 Å². The number of nitrogens with zero attached hydrogens (tertiary/aromatic N) is 1. The zero-order chi connectivity index (χ0) is 20.6. The number of hydrogen-bond donors (Lipinski definition) is 1. The molecule has 156 valence electrons. The minimum absolute atomic E-state index is 0.122. The van der Waals surface area contributed by atoms with Crippen LogP contribution in [-0.2, 0) is 17.1 Å². The minimum atomic E-state index is 0.122. The van der Waals surface area contributed by atoms with Gasteiger partial charge in [-0.05, 0) is 61.3 Å². The van der Waals surface area contributed by atoms with Gasteiger partial charge in [-0.3, -0.25) is 9.69 Å². The number of hydrogen-bond acceptors (Lipinski definition) is 3. The van der Waals surface area contributed by atoms with Crippen LogP contribution in [-0.4, -0.2) is 36.2 Å². The Morgan fingerprint density at radius 1 is 1.14 bits per heavy atom. The molecule has 0 saturated carbocycles. The number of amides is 1. The third-order valence-electron chi connectivity index (χ3n) is 5.11. The van der Waals surface area contributed by atoms with Crippen molar-refractivity contribution in [2.45, 2.75) is 25.1 Å². The van der Waals surface area contributed by atoms with Crippen LogP contribution in [0.15, 0.2) is 46.9 Å². The van der Waals surface area contributed by atoms with Crippen molar-refractivity contribution >= 4 is 56.8 Å². The number of halogens is 3. The summed E-state index contributed by atoms with van der Waals surface area (Å²) in [5.74, 6) is 1.90. The molecule has 1 aliphatic heterocycles. The Hall–Kier alpha value is -0.720. The summed E-state index contributed by atoms with van der Waals surface area (Å²) in [5.41, 5.74) is 2.27. The highest BCUT2D eigenvalue weighted by molar-refractivity contribution is 9.10. The Bertz CT molecular complexity index is 808. The van der Waals surface area contributed by atoms with Gasteiger partial charge >= 0.3 is 0 Å². The maximum Gasteiger partial charge on any atom is 0.223 e. The molecular weight excluding hydrogens is 491 g/mol. The summed E-state index contributed by atoms with van der Waals surface area (Å²) in [6.45, 7) is 3.54. The van der Waals surface area contributed by atoms with Gasteiger partial charge in [-0.1, -0.05) is 57.3 Å². The molecule has 0 unspecified atom stereocenters. The molecule has 3 rings (SSSR count). The lowest BCUT2D eigenvalue weighted by molar-refractivity contribution is -0.126. The van der Waals surface area contributed by atoms with E-state index in [0.29, 0.717) is 16.6 Å². The van der Waals surface area contributed by atoms with Crippen molar-refractivity contribution in [2.75, 3.05) is 25.4 Å². The summed E-state index contributed by atoms with van der Waals surface area (Å²) in [6.07, 6.45) is 1.84. The standard InChI is InChI=1S/C22H25BrCl2N2OS/c23-18-4-1-3-16(13-18)14-27-10-7-17(8-11-27)22(28)26-9-12-29-15-19-20(24)5-2-6-21(19)25/h1-6,13,17H,7-12,14-15H2,(H,26,28). The predicted molar refractivity (Wildman–Crippen MR) is 128 cm³/mol. The smallest absolute Gasteiger partial charge is 0.223 e. The summed E-state index contributed by atoms with van der Waals surface area (Å²) < 4.78 is 1.11. The molecule has 2 aromatic carbocycles. The molecule has 1 aliphatic rings. The number of rotatable bonds is 8. The first-order chi connectivity index (χ1) is 14.0. The normalized spacial score (nSPS) is 15.4. The number of piperidine rings is 1. The summed E-state index contributed by atoms with van der Waals surface area (Å²) in [4.78, 5) is 14.9. The van der Waals surface area contributed by atoms with Crippen molar-refractivity contribution in [2.24, 2.45) is 5.92 Å². The van der Waals surface area contributed by atoms with E-state index in [4.69, 9.17) is 23.2 Å². The lowest BCUT2D eigenvalue weighted by Gasteiger charge is -2.31. The monoisotopic (exact) mass is 514 g/mol. The van der Waals surface area contributed by atoms with E-state index < -0.39 is 0 Å². The minimum Gasteiger partial charge on any atom is -0.355 e. The molecule has 3 nitrogen and oxygen atoms in total. The van der Waals surface area contributed by atoms with Gasteiger partial charge < -0.3 is 5.32 Å². The number of nitrogens with one attached hydrogen (secondary N) is 1. The zero-order valence-electron chi connectivity index (χ0n) is 16.2. The molecule has 0 radical (unpaired) electrons. The summed E-state index contributed by atoms with van der Waals surface area (Å²) >= 11 is 17.6. The Balaban J connectivity index is 1.32. The first-order valence-electron chi connectivity index (χ1n) is 9.78. The van der Waals surface area contributed by atoms with Gasteiger partial charge in [0.25, 0.3) is 0 Å². The van der Waals surface area contributed by atoms with Gasteiger partial charge in [-0.25, -0.2) is 0 Å². The lowest BCUT2D eigenvalue weighted by atomic mass is 9.95. The molecule has 1 N–H and O–H groups in total. The molecular formula is C22H25BrCl2N2OS. The Morgan fingerprint density at radius 3 is 2.52 bits per heavy atom. The molecule has 0 bridgehead atoms. The van der Waals surface area contributed by atoms with Crippen molar-refractivity contribution < 1.29 is 4.79 Å². The van der Waals surface area contributed by atoms with Crippen LogP contribution in [0.2, 0.25) is 10.0 Å². The van der Waals surface area contributed by atoms with E-state index in [9.17, 15) is 4.79 Å². The summed E-state index contributed by atoms with van der Waals surface area (Å²) in [5, 5.41) is 4.49. The molecule has 1 fully saturated rings. The second-order valence-electron chi connectivity index (χ2n) is 7.22. The average molecular weight is 516 g/mol. The van der Waals surface area contributed by atoms with Gasteiger partial charge in [0.1, 0.15) is 0 Å². The number of carbonyl (C=O) groups is 1.